The van der Waals surface area contributed by atoms with Crippen LogP contribution < -0.4 is 10.6 Å². The van der Waals surface area contributed by atoms with Gasteiger partial charge in [-0.2, -0.15) is 0 Å². The van der Waals surface area contributed by atoms with Crippen molar-refractivity contribution >= 4 is 17.3 Å². The Morgan fingerprint density at radius 3 is 2.79 bits per heavy atom. The fourth-order valence-corrected chi connectivity index (χ4v) is 3.88. The topological polar surface area (TPSA) is 52.6 Å². The molecule has 1 unspecified atom stereocenters. The number of rotatable bonds is 6. The van der Waals surface area contributed by atoms with Crippen LogP contribution in [0.4, 0.5) is 0 Å². The zero-order valence-electron chi connectivity index (χ0n) is 15.9. The van der Waals surface area contributed by atoms with Crippen molar-refractivity contribution in [3.63, 3.8) is 0 Å². The fourth-order valence-electron chi connectivity index (χ4n) is 2.98. The first-order valence-electron chi connectivity index (χ1n) is 9.15. The van der Waals surface area contributed by atoms with Crippen molar-refractivity contribution in [3.8, 4) is 0 Å². The van der Waals surface area contributed by atoms with Gasteiger partial charge in [0.1, 0.15) is 0 Å². The maximum Gasteiger partial charge on any atom is 0.191 e. The highest BCUT2D eigenvalue weighted by molar-refractivity contribution is 7.09. The third-order valence-corrected chi connectivity index (χ3v) is 5.66. The number of likely N-dealkylation sites (tertiary alicyclic amines) is 1. The van der Waals surface area contributed by atoms with E-state index in [0.717, 1.165) is 31.3 Å². The number of aliphatic imine (C=N–C) groups is 1. The minimum Gasteiger partial charge on any atom is -0.357 e. The minimum absolute atomic E-state index is 0.113. The number of hydrogen-bond acceptors (Lipinski definition) is 4. The maximum atomic E-state index is 4.72. The Labute approximate surface area is 151 Å². The second-order valence-corrected chi connectivity index (χ2v) is 8.25. The van der Waals surface area contributed by atoms with Crippen LogP contribution in [0.3, 0.4) is 0 Å². The summed E-state index contributed by atoms with van der Waals surface area (Å²) < 4.78 is 0. The van der Waals surface area contributed by atoms with E-state index in [9.17, 15) is 0 Å². The molecule has 136 valence electrons. The summed E-state index contributed by atoms with van der Waals surface area (Å²) in [6.45, 7) is 15.8. The molecule has 0 spiro atoms. The molecule has 1 atom stereocenters. The third kappa shape index (κ3) is 5.45. The van der Waals surface area contributed by atoms with E-state index in [1.807, 2.05) is 0 Å². The van der Waals surface area contributed by atoms with Crippen LogP contribution in [0.25, 0.3) is 0 Å². The zero-order valence-corrected chi connectivity index (χ0v) is 16.7. The molecular weight excluding hydrogens is 318 g/mol. The first-order valence-corrected chi connectivity index (χ1v) is 10.0. The predicted octanol–water partition coefficient (Wildman–Crippen LogP) is 2.98. The lowest BCUT2D eigenvalue weighted by molar-refractivity contribution is 0.267. The van der Waals surface area contributed by atoms with Gasteiger partial charge in [0.25, 0.3) is 0 Å². The lowest BCUT2D eigenvalue weighted by atomic mass is 9.98. The Hall–Kier alpha value is -1.14. The lowest BCUT2D eigenvalue weighted by Gasteiger charge is -2.23. The van der Waals surface area contributed by atoms with Crippen molar-refractivity contribution in [3.05, 3.63) is 16.1 Å². The van der Waals surface area contributed by atoms with Crippen molar-refractivity contribution in [2.45, 2.75) is 65.5 Å². The lowest BCUT2D eigenvalue weighted by Crippen LogP contribution is -2.44. The Bertz CT molecular complexity index is 532. The van der Waals surface area contributed by atoms with Gasteiger partial charge in [0.05, 0.1) is 17.2 Å². The summed E-state index contributed by atoms with van der Waals surface area (Å²) in [5.41, 5.74) is 1.17. The van der Waals surface area contributed by atoms with Gasteiger partial charge in [0.15, 0.2) is 5.96 Å². The monoisotopic (exact) mass is 351 g/mol. The molecule has 2 rings (SSSR count). The van der Waals surface area contributed by atoms with Gasteiger partial charge in [-0.1, -0.05) is 27.7 Å². The Kier molecular flexibility index (Phi) is 7.04. The van der Waals surface area contributed by atoms with Crippen LogP contribution in [-0.4, -0.2) is 48.1 Å². The van der Waals surface area contributed by atoms with E-state index in [1.165, 1.54) is 24.4 Å². The molecule has 5 nitrogen and oxygen atoms in total. The average molecular weight is 352 g/mol. The molecule has 2 heterocycles. The van der Waals surface area contributed by atoms with Crippen LogP contribution in [0.1, 0.15) is 58.2 Å². The first kappa shape index (κ1) is 19.2. The Morgan fingerprint density at radius 1 is 1.38 bits per heavy atom. The molecule has 6 heteroatoms. The highest BCUT2D eigenvalue weighted by atomic mass is 32.1. The number of likely N-dealkylation sites (N-methyl/N-ethyl adjacent to an activating group) is 1. The van der Waals surface area contributed by atoms with E-state index in [0.29, 0.717) is 12.6 Å². The van der Waals surface area contributed by atoms with Crippen LogP contribution in [0.5, 0.6) is 0 Å². The van der Waals surface area contributed by atoms with E-state index in [1.54, 1.807) is 11.3 Å². The summed E-state index contributed by atoms with van der Waals surface area (Å²) >= 11 is 1.73. The second-order valence-electron chi connectivity index (χ2n) is 7.39. The molecular formula is C18H33N5S. The fraction of sp³-hybridized carbons (Fsp3) is 0.778. The summed E-state index contributed by atoms with van der Waals surface area (Å²) in [7, 11) is 0. The Balaban J connectivity index is 1.91. The van der Waals surface area contributed by atoms with Crippen LogP contribution in [-0.2, 0) is 12.0 Å². The molecule has 24 heavy (non-hydrogen) atoms. The standard InChI is InChI=1S/C18H33N5S/c1-6-19-17(21-12-15-9-8-10-23(15)7-2)20-11-14-13-24-16(22-14)18(3,4)5/h13,15H,6-12H2,1-5H3,(H2,19,20,21). The second kappa shape index (κ2) is 8.81. The van der Waals surface area contributed by atoms with E-state index in [4.69, 9.17) is 9.98 Å². The van der Waals surface area contributed by atoms with E-state index in [2.05, 4.69) is 55.5 Å². The van der Waals surface area contributed by atoms with Crippen LogP contribution >= 0.6 is 11.3 Å². The first-order chi connectivity index (χ1) is 11.4. The highest BCUT2D eigenvalue weighted by Gasteiger charge is 2.22. The third-order valence-electron chi connectivity index (χ3n) is 4.35. The van der Waals surface area contributed by atoms with Gasteiger partial charge in [0, 0.05) is 29.9 Å². The van der Waals surface area contributed by atoms with Gasteiger partial charge in [0.2, 0.25) is 0 Å². The smallest absolute Gasteiger partial charge is 0.191 e. The summed E-state index contributed by atoms with van der Waals surface area (Å²) in [6, 6.07) is 0.630. The van der Waals surface area contributed by atoms with Crippen molar-refractivity contribution in [2.75, 3.05) is 26.2 Å². The molecule has 1 aliphatic rings. The van der Waals surface area contributed by atoms with Gasteiger partial charge in [-0.3, -0.25) is 4.90 Å². The number of hydrogen-bond donors (Lipinski definition) is 2. The molecule has 1 aliphatic heterocycles. The summed E-state index contributed by atoms with van der Waals surface area (Å²) in [6.07, 6.45) is 2.59. The van der Waals surface area contributed by atoms with Crippen LogP contribution in [0.2, 0.25) is 0 Å². The molecule has 0 radical (unpaired) electrons. The predicted molar refractivity (Wildman–Crippen MR) is 104 cm³/mol. The van der Waals surface area contributed by atoms with Gasteiger partial charge >= 0.3 is 0 Å². The minimum atomic E-state index is 0.113. The van der Waals surface area contributed by atoms with E-state index >= 15 is 0 Å². The van der Waals surface area contributed by atoms with Gasteiger partial charge < -0.3 is 10.6 Å². The zero-order chi connectivity index (χ0) is 17.6. The number of thiazole rings is 1. The van der Waals surface area contributed by atoms with Gasteiger partial charge in [-0.25, -0.2) is 9.98 Å². The molecule has 0 aliphatic carbocycles. The average Bonchev–Trinajstić information content (AvgIpc) is 3.18. The largest absolute Gasteiger partial charge is 0.357 e. The maximum absolute atomic E-state index is 4.72. The van der Waals surface area contributed by atoms with Crippen molar-refractivity contribution < 1.29 is 0 Å². The van der Waals surface area contributed by atoms with Crippen LogP contribution in [0, 0.1) is 0 Å². The molecule has 0 aromatic carbocycles. The molecule has 2 N–H and O–H groups in total. The quantitative estimate of drug-likeness (QED) is 0.611. The number of nitrogens with one attached hydrogen (secondary N) is 2. The summed E-state index contributed by atoms with van der Waals surface area (Å²) in [5, 5.41) is 10.2. The molecule has 0 saturated carbocycles. The van der Waals surface area contributed by atoms with Crippen molar-refractivity contribution in [1.82, 2.24) is 20.5 Å². The summed E-state index contributed by atoms with van der Waals surface area (Å²) in [4.78, 5) is 12.0. The van der Waals surface area contributed by atoms with E-state index < -0.39 is 0 Å². The molecule has 0 amide bonds. The normalized spacial score (nSPS) is 19.7. The number of nitrogens with zero attached hydrogens (tertiary/aromatic N) is 3. The van der Waals surface area contributed by atoms with Crippen molar-refractivity contribution in [2.24, 2.45) is 4.99 Å². The van der Waals surface area contributed by atoms with Crippen molar-refractivity contribution in [1.29, 1.82) is 0 Å². The van der Waals surface area contributed by atoms with Gasteiger partial charge in [-0.05, 0) is 32.9 Å². The SMILES string of the molecule is CCNC(=NCc1csc(C(C)(C)C)n1)NCC1CCCN1CC. The molecule has 0 bridgehead atoms. The molecule has 1 aromatic heterocycles. The number of guanidine groups is 1. The molecule has 1 aromatic rings. The van der Waals surface area contributed by atoms with Crippen LogP contribution in [0.15, 0.2) is 10.4 Å². The number of aromatic nitrogens is 1. The van der Waals surface area contributed by atoms with Gasteiger partial charge in [-0.15, -0.1) is 11.3 Å². The van der Waals surface area contributed by atoms with E-state index in [-0.39, 0.29) is 5.41 Å². The molecule has 1 saturated heterocycles. The molecule has 1 fully saturated rings. The summed E-state index contributed by atoms with van der Waals surface area (Å²) in [5.74, 6) is 0.894. The Morgan fingerprint density at radius 2 is 2.17 bits per heavy atom. The highest BCUT2D eigenvalue weighted by Crippen LogP contribution is 2.25.